The van der Waals surface area contributed by atoms with Crippen LogP contribution in [0.15, 0.2) is 59.0 Å². The molecule has 0 unspecified atom stereocenters. The summed E-state index contributed by atoms with van der Waals surface area (Å²) in [6.07, 6.45) is 1.41. The Morgan fingerprint density at radius 1 is 0.933 bits per heavy atom. The minimum atomic E-state index is -1.12. The van der Waals surface area contributed by atoms with E-state index in [0.29, 0.717) is 52.5 Å². The van der Waals surface area contributed by atoms with Gasteiger partial charge in [0.15, 0.2) is 11.6 Å². The molecule has 232 valence electrons. The van der Waals surface area contributed by atoms with E-state index in [1.165, 1.54) is 29.5 Å². The second-order valence-corrected chi connectivity index (χ2v) is 12.1. The maximum atomic E-state index is 13.7. The number of hydrogen-bond donors (Lipinski definition) is 2. The molecule has 3 heterocycles. The Bertz CT molecular complexity index is 1870. The lowest BCUT2D eigenvalue weighted by Crippen LogP contribution is -2.22. The third kappa shape index (κ3) is 7.28. The fraction of sp³-hybridized carbons (Fsp3) is 0.242. The first-order chi connectivity index (χ1) is 21.5. The number of carbonyl (C=O) groups excluding carboxylic acids is 2. The van der Waals surface area contributed by atoms with Gasteiger partial charge in [-0.15, -0.1) is 21.5 Å². The van der Waals surface area contributed by atoms with Gasteiger partial charge >= 0.3 is 0 Å². The van der Waals surface area contributed by atoms with Gasteiger partial charge in [0, 0.05) is 27.8 Å². The molecular weight excluding hydrogens is 603 g/mol. The number of thiophene rings is 1. The van der Waals surface area contributed by atoms with Crippen LogP contribution in [0.3, 0.4) is 0 Å². The molecule has 0 atom stereocenters. The zero-order chi connectivity index (χ0) is 32.2. The van der Waals surface area contributed by atoms with Crippen molar-refractivity contribution in [1.29, 1.82) is 0 Å². The molecular formula is C33H30F3N5O3S. The van der Waals surface area contributed by atoms with E-state index in [-0.39, 0.29) is 35.3 Å². The average molecular weight is 634 g/mol. The maximum Gasteiger partial charge on any atom is 0.251 e. The quantitative estimate of drug-likeness (QED) is 0.169. The summed E-state index contributed by atoms with van der Waals surface area (Å²) in [4.78, 5) is 32.1. The number of aryl methyl sites for hydroxylation is 3. The van der Waals surface area contributed by atoms with Gasteiger partial charge in [-0.05, 0) is 73.2 Å². The van der Waals surface area contributed by atoms with Gasteiger partial charge in [-0.2, -0.15) is 0 Å². The van der Waals surface area contributed by atoms with Gasteiger partial charge in [-0.3, -0.25) is 14.6 Å². The lowest BCUT2D eigenvalue weighted by atomic mass is 9.91. The van der Waals surface area contributed by atoms with E-state index in [4.69, 9.17) is 15.1 Å². The standard InChI is InChI=1S/C33H30F3N5O3S/c1-17(2)14-26-28(31(37)42)30(27-13-10-22(45-27)16-38-32(43)20-7-11-23(35)24(36)15-20)29(33-41-40-18(3)44-33)25(39-26)12-6-19-4-8-21(34)9-5-19/h4-5,7-11,13,15,17H,6,12,14,16H2,1-3H3,(H2,37,42)(H,38,43). The summed E-state index contributed by atoms with van der Waals surface area (Å²) in [6, 6.07) is 12.7. The lowest BCUT2D eigenvalue weighted by molar-refractivity contribution is 0.0949. The van der Waals surface area contributed by atoms with E-state index in [1.807, 2.05) is 13.8 Å². The Hall–Kier alpha value is -4.84. The monoisotopic (exact) mass is 633 g/mol. The average Bonchev–Trinajstić information content (AvgIpc) is 3.65. The topological polar surface area (TPSA) is 124 Å². The van der Waals surface area contributed by atoms with Crippen LogP contribution in [-0.2, 0) is 25.8 Å². The Morgan fingerprint density at radius 2 is 1.69 bits per heavy atom. The van der Waals surface area contributed by atoms with Gasteiger partial charge in [-0.25, -0.2) is 13.2 Å². The van der Waals surface area contributed by atoms with Crippen LogP contribution in [0.5, 0.6) is 0 Å². The summed E-state index contributed by atoms with van der Waals surface area (Å²) in [5, 5.41) is 11.0. The third-order valence-corrected chi connectivity index (χ3v) is 8.11. The number of nitrogens with one attached hydrogen (secondary N) is 1. The highest BCUT2D eigenvalue weighted by molar-refractivity contribution is 7.15. The molecule has 0 bridgehead atoms. The van der Waals surface area contributed by atoms with Crippen molar-refractivity contribution in [3.63, 3.8) is 0 Å². The molecule has 0 saturated carbocycles. The van der Waals surface area contributed by atoms with Gasteiger partial charge in [0.25, 0.3) is 11.8 Å². The van der Waals surface area contributed by atoms with Crippen molar-refractivity contribution in [2.75, 3.05) is 0 Å². The molecule has 5 aromatic rings. The van der Waals surface area contributed by atoms with E-state index in [2.05, 4.69) is 15.5 Å². The van der Waals surface area contributed by atoms with Crippen LogP contribution in [0.1, 0.15) is 62.3 Å². The molecule has 3 N–H and O–H groups in total. The molecule has 12 heteroatoms. The first kappa shape index (κ1) is 31.6. The van der Waals surface area contributed by atoms with Crippen molar-refractivity contribution in [3.8, 4) is 21.9 Å². The number of pyridine rings is 1. The van der Waals surface area contributed by atoms with Crippen molar-refractivity contribution in [3.05, 3.63) is 111 Å². The van der Waals surface area contributed by atoms with Crippen molar-refractivity contribution in [2.24, 2.45) is 11.7 Å². The smallest absolute Gasteiger partial charge is 0.251 e. The lowest BCUT2D eigenvalue weighted by Gasteiger charge is -2.19. The summed E-state index contributed by atoms with van der Waals surface area (Å²) in [5.41, 5.74) is 9.23. The minimum absolute atomic E-state index is 0.0194. The Kier molecular flexibility index (Phi) is 9.43. The number of benzene rings is 2. The zero-order valence-corrected chi connectivity index (χ0v) is 25.6. The molecule has 5 rings (SSSR count). The van der Waals surface area contributed by atoms with Gasteiger partial charge in [0.1, 0.15) is 5.82 Å². The number of nitrogens with two attached hydrogens (primary N) is 1. The summed E-state index contributed by atoms with van der Waals surface area (Å²) >= 11 is 1.31. The van der Waals surface area contributed by atoms with Gasteiger partial charge in [0.2, 0.25) is 11.8 Å². The molecule has 45 heavy (non-hydrogen) atoms. The molecule has 0 aliphatic carbocycles. The van der Waals surface area contributed by atoms with Crippen LogP contribution in [0.2, 0.25) is 0 Å². The van der Waals surface area contributed by atoms with Crippen molar-refractivity contribution < 1.29 is 27.2 Å². The van der Waals surface area contributed by atoms with E-state index in [1.54, 1.807) is 31.2 Å². The van der Waals surface area contributed by atoms with E-state index < -0.39 is 23.4 Å². The third-order valence-electron chi connectivity index (χ3n) is 7.01. The number of primary amides is 1. The Labute approximate surface area is 261 Å². The molecule has 0 spiro atoms. The number of rotatable bonds is 11. The van der Waals surface area contributed by atoms with Crippen LogP contribution < -0.4 is 11.1 Å². The molecule has 0 aliphatic heterocycles. The number of amides is 2. The highest BCUT2D eigenvalue weighted by atomic mass is 32.1. The van der Waals surface area contributed by atoms with Gasteiger partial charge in [0.05, 0.1) is 29.1 Å². The summed E-state index contributed by atoms with van der Waals surface area (Å²) < 4.78 is 46.4. The Morgan fingerprint density at radius 3 is 2.33 bits per heavy atom. The summed E-state index contributed by atoms with van der Waals surface area (Å²) in [6.45, 7) is 5.77. The molecule has 2 aromatic carbocycles. The normalized spacial score (nSPS) is 11.3. The first-order valence-corrected chi connectivity index (χ1v) is 15.0. The molecule has 0 aliphatic rings. The molecule has 0 saturated heterocycles. The zero-order valence-electron chi connectivity index (χ0n) is 24.8. The number of nitrogens with zero attached hydrogens (tertiary/aromatic N) is 3. The van der Waals surface area contributed by atoms with E-state index in [0.717, 1.165) is 22.6 Å². The van der Waals surface area contributed by atoms with Gasteiger partial charge in [-0.1, -0.05) is 26.0 Å². The number of aromatic nitrogens is 3. The highest BCUT2D eigenvalue weighted by Crippen LogP contribution is 2.41. The molecule has 0 radical (unpaired) electrons. The fourth-order valence-corrected chi connectivity index (χ4v) is 5.98. The molecule has 0 fully saturated rings. The number of carbonyl (C=O) groups is 2. The Balaban J connectivity index is 1.58. The highest BCUT2D eigenvalue weighted by Gasteiger charge is 2.29. The predicted molar refractivity (Wildman–Crippen MR) is 164 cm³/mol. The SMILES string of the molecule is Cc1nnc(-c2c(CCc3ccc(F)cc3)nc(CC(C)C)c(C(N)=O)c2-c2ccc(CNC(=O)c3ccc(F)c(F)c3)s2)o1. The second kappa shape index (κ2) is 13.4. The van der Waals surface area contributed by atoms with Crippen LogP contribution in [-0.4, -0.2) is 27.0 Å². The molecule has 2 amide bonds. The van der Waals surface area contributed by atoms with E-state index >= 15 is 0 Å². The van der Waals surface area contributed by atoms with Crippen molar-refractivity contribution in [2.45, 2.75) is 46.6 Å². The summed E-state index contributed by atoms with van der Waals surface area (Å²) in [5.74, 6) is -3.10. The van der Waals surface area contributed by atoms with Crippen molar-refractivity contribution >= 4 is 23.2 Å². The first-order valence-electron chi connectivity index (χ1n) is 14.2. The van der Waals surface area contributed by atoms with E-state index in [9.17, 15) is 22.8 Å². The molecule has 8 nitrogen and oxygen atoms in total. The minimum Gasteiger partial charge on any atom is -0.421 e. The number of halogens is 3. The molecule has 3 aromatic heterocycles. The maximum absolute atomic E-state index is 13.7. The fourth-order valence-electron chi connectivity index (χ4n) is 4.97. The van der Waals surface area contributed by atoms with Crippen LogP contribution in [0, 0.1) is 30.3 Å². The van der Waals surface area contributed by atoms with Crippen LogP contribution in [0.25, 0.3) is 21.9 Å². The largest absolute Gasteiger partial charge is 0.421 e. The number of hydrogen-bond acceptors (Lipinski definition) is 7. The predicted octanol–water partition coefficient (Wildman–Crippen LogP) is 6.60. The van der Waals surface area contributed by atoms with Gasteiger partial charge < -0.3 is 15.5 Å². The van der Waals surface area contributed by atoms with Crippen LogP contribution in [0.4, 0.5) is 13.2 Å². The second-order valence-electron chi connectivity index (χ2n) is 10.9. The van der Waals surface area contributed by atoms with Crippen molar-refractivity contribution in [1.82, 2.24) is 20.5 Å². The summed E-state index contributed by atoms with van der Waals surface area (Å²) in [7, 11) is 0. The van der Waals surface area contributed by atoms with Crippen LogP contribution >= 0.6 is 11.3 Å².